The van der Waals surface area contributed by atoms with Gasteiger partial charge in [-0.05, 0) is 24.5 Å². The lowest BCUT2D eigenvalue weighted by Crippen LogP contribution is -2.49. The molecule has 1 aromatic rings. The molecule has 0 aromatic heterocycles. The van der Waals surface area contributed by atoms with Gasteiger partial charge in [-0.3, -0.25) is 9.59 Å². The van der Waals surface area contributed by atoms with Crippen LogP contribution in [0.2, 0.25) is 0 Å². The van der Waals surface area contributed by atoms with Crippen LogP contribution in [0.25, 0.3) is 0 Å². The lowest BCUT2D eigenvalue weighted by molar-refractivity contribution is -0.152. The van der Waals surface area contributed by atoms with Crippen LogP contribution in [0.15, 0.2) is 36.4 Å². The van der Waals surface area contributed by atoms with Gasteiger partial charge in [-0.2, -0.15) is 0 Å². The maximum absolute atomic E-state index is 13.2. The second kappa shape index (κ2) is 3.85. The van der Waals surface area contributed by atoms with E-state index < -0.39 is 29.0 Å². The van der Waals surface area contributed by atoms with Gasteiger partial charge >= 0.3 is 5.97 Å². The maximum atomic E-state index is 13.2. The number of benzene rings is 1. The van der Waals surface area contributed by atoms with E-state index in [-0.39, 0.29) is 11.9 Å². The Morgan fingerprint density at radius 1 is 1.39 bits per heavy atom. The molecular formula is C18H17NO4. The number of nitrogens with zero attached hydrogens (tertiary/aromatic N) is 1. The topological polar surface area (TPSA) is 66.8 Å². The minimum absolute atomic E-state index is 0.0868. The van der Waals surface area contributed by atoms with Crippen molar-refractivity contribution in [2.75, 3.05) is 6.54 Å². The van der Waals surface area contributed by atoms with Crippen LogP contribution in [0.3, 0.4) is 0 Å². The first kappa shape index (κ1) is 13.3. The highest BCUT2D eigenvalue weighted by Gasteiger charge is 2.78. The molecule has 0 aliphatic carbocycles. The Kier molecular flexibility index (Phi) is 2.23. The molecule has 5 rings (SSSR count). The zero-order valence-electron chi connectivity index (χ0n) is 12.7. The van der Waals surface area contributed by atoms with Crippen molar-refractivity contribution in [3.8, 4) is 0 Å². The smallest absolute Gasteiger partial charge is 0.310 e. The molecule has 4 heterocycles. The highest BCUT2D eigenvalue weighted by atomic mass is 16.5. The fourth-order valence-electron chi connectivity index (χ4n) is 5.26. The third-order valence-corrected chi connectivity index (χ3v) is 6.29. The monoisotopic (exact) mass is 311 g/mol. The van der Waals surface area contributed by atoms with Crippen LogP contribution in [0, 0.1) is 11.3 Å². The van der Waals surface area contributed by atoms with Crippen LogP contribution in [-0.2, 0) is 20.7 Å². The number of carboxylic acid groups (broad SMARTS) is 1. The van der Waals surface area contributed by atoms with Crippen molar-refractivity contribution >= 4 is 11.9 Å². The van der Waals surface area contributed by atoms with Gasteiger partial charge in [0.1, 0.15) is 11.5 Å². The van der Waals surface area contributed by atoms with Crippen LogP contribution in [0.5, 0.6) is 0 Å². The molecule has 2 saturated heterocycles. The number of ether oxygens (including phenoxy) is 1. The molecule has 2 fully saturated rings. The van der Waals surface area contributed by atoms with Crippen LogP contribution in [-0.4, -0.2) is 40.1 Å². The molecule has 5 heteroatoms. The molecular weight excluding hydrogens is 294 g/mol. The molecule has 1 aromatic carbocycles. The SMILES string of the molecule is C[C@@]12C(=O)N3CCc4ccccc4[C@H]3[C@@]13C=C[C@H](O3)[C@@H]2C(=O)O. The Balaban J connectivity index is 1.77. The summed E-state index contributed by atoms with van der Waals surface area (Å²) in [5.74, 6) is -1.86. The van der Waals surface area contributed by atoms with Gasteiger partial charge in [0.05, 0.1) is 17.6 Å². The molecule has 5 nitrogen and oxygen atoms in total. The molecule has 0 unspecified atom stereocenters. The van der Waals surface area contributed by atoms with E-state index in [9.17, 15) is 14.7 Å². The molecule has 118 valence electrons. The Labute approximate surface area is 133 Å². The first-order valence-corrected chi connectivity index (χ1v) is 7.99. The van der Waals surface area contributed by atoms with E-state index in [0.29, 0.717) is 6.54 Å². The van der Waals surface area contributed by atoms with Crippen molar-refractivity contribution in [3.63, 3.8) is 0 Å². The summed E-state index contributed by atoms with van der Waals surface area (Å²) in [6, 6.07) is 7.88. The van der Waals surface area contributed by atoms with Gasteiger partial charge in [0.25, 0.3) is 0 Å². The lowest BCUT2D eigenvalue weighted by Gasteiger charge is -2.39. The van der Waals surface area contributed by atoms with Gasteiger partial charge in [0.2, 0.25) is 5.91 Å². The molecule has 23 heavy (non-hydrogen) atoms. The summed E-state index contributed by atoms with van der Waals surface area (Å²) in [5, 5.41) is 9.71. The molecule has 2 bridgehead atoms. The highest BCUT2D eigenvalue weighted by Crippen LogP contribution is 2.67. The minimum Gasteiger partial charge on any atom is -0.481 e. The molecule has 5 atom stereocenters. The summed E-state index contributed by atoms with van der Waals surface area (Å²) in [5.41, 5.74) is 0.404. The van der Waals surface area contributed by atoms with Gasteiger partial charge in [0.15, 0.2) is 0 Å². The van der Waals surface area contributed by atoms with E-state index in [1.54, 1.807) is 6.92 Å². The third-order valence-electron chi connectivity index (χ3n) is 6.29. The third kappa shape index (κ3) is 1.23. The van der Waals surface area contributed by atoms with Crippen molar-refractivity contribution < 1.29 is 19.4 Å². The maximum Gasteiger partial charge on any atom is 0.310 e. The standard InChI is InChI=1S/C18H17NO4/c1-17-13(15(20)21)12-6-8-18(17,23-12)14-11-5-3-2-4-10(11)7-9-19(14)16(17)22/h2-6,8,12-14H,7,9H2,1H3,(H,20,21)/t12-,13+,14-,17+,18-/m0/s1. The number of carbonyl (C=O) groups is 2. The van der Waals surface area contributed by atoms with Crippen molar-refractivity contribution in [1.29, 1.82) is 0 Å². The van der Waals surface area contributed by atoms with Crippen LogP contribution >= 0.6 is 0 Å². The predicted octanol–water partition coefficient (Wildman–Crippen LogP) is 1.54. The molecule has 4 aliphatic rings. The molecule has 1 spiro atoms. The highest BCUT2D eigenvalue weighted by molar-refractivity contribution is 5.95. The number of rotatable bonds is 1. The first-order valence-electron chi connectivity index (χ1n) is 7.99. The molecule has 0 radical (unpaired) electrons. The molecule has 1 amide bonds. The number of fused-ring (bicyclic) bond motifs is 4. The number of carboxylic acids is 1. The number of hydrogen-bond acceptors (Lipinski definition) is 3. The summed E-state index contributed by atoms with van der Waals surface area (Å²) in [6.45, 7) is 2.39. The second-order valence-electron chi connectivity index (χ2n) is 7.10. The Bertz CT molecular complexity index is 787. The number of aliphatic carboxylic acids is 1. The van der Waals surface area contributed by atoms with E-state index in [4.69, 9.17) is 4.74 Å². The van der Waals surface area contributed by atoms with E-state index in [1.807, 2.05) is 35.3 Å². The number of amides is 1. The van der Waals surface area contributed by atoms with Crippen molar-refractivity contribution in [2.45, 2.75) is 31.1 Å². The summed E-state index contributed by atoms with van der Waals surface area (Å²) in [6.07, 6.45) is 4.06. The Hall–Kier alpha value is -2.14. The Morgan fingerprint density at radius 2 is 2.17 bits per heavy atom. The van der Waals surface area contributed by atoms with Gasteiger partial charge in [-0.1, -0.05) is 36.4 Å². The average Bonchev–Trinajstić information content (AvgIpc) is 3.13. The zero-order chi connectivity index (χ0) is 16.0. The predicted molar refractivity (Wildman–Crippen MR) is 80.6 cm³/mol. The van der Waals surface area contributed by atoms with Gasteiger partial charge in [-0.25, -0.2) is 0 Å². The van der Waals surface area contributed by atoms with Crippen LogP contribution in [0.1, 0.15) is 24.1 Å². The van der Waals surface area contributed by atoms with E-state index in [0.717, 1.165) is 12.0 Å². The largest absolute Gasteiger partial charge is 0.481 e. The normalized spacial score (nSPS) is 42.6. The summed E-state index contributed by atoms with van der Waals surface area (Å²) >= 11 is 0. The number of carbonyl (C=O) groups excluding carboxylic acids is 1. The molecule has 0 saturated carbocycles. The van der Waals surface area contributed by atoms with Gasteiger partial charge in [0, 0.05) is 6.54 Å². The van der Waals surface area contributed by atoms with Gasteiger partial charge in [-0.15, -0.1) is 0 Å². The first-order chi connectivity index (χ1) is 11.0. The zero-order valence-corrected chi connectivity index (χ0v) is 12.7. The van der Waals surface area contributed by atoms with E-state index >= 15 is 0 Å². The molecule has 1 N–H and O–H groups in total. The molecule has 4 aliphatic heterocycles. The van der Waals surface area contributed by atoms with Crippen molar-refractivity contribution in [2.24, 2.45) is 11.3 Å². The summed E-state index contributed by atoms with van der Waals surface area (Å²) < 4.78 is 6.20. The van der Waals surface area contributed by atoms with Crippen molar-refractivity contribution in [1.82, 2.24) is 4.90 Å². The minimum atomic E-state index is -1.04. The quantitative estimate of drug-likeness (QED) is 0.799. The lowest BCUT2D eigenvalue weighted by atomic mass is 9.62. The van der Waals surface area contributed by atoms with Crippen LogP contribution in [0.4, 0.5) is 0 Å². The van der Waals surface area contributed by atoms with E-state index in [2.05, 4.69) is 6.07 Å². The summed E-state index contributed by atoms with van der Waals surface area (Å²) in [7, 11) is 0. The van der Waals surface area contributed by atoms with Crippen molar-refractivity contribution in [3.05, 3.63) is 47.5 Å². The fraction of sp³-hybridized carbons (Fsp3) is 0.444. The second-order valence-corrected chi connectivity index (χ2v) is 7.10. The van der Waals surface area contributed by atoms with Crippen LogP contribution < -0.4 is 0 Å². The van der Waals surface area contributed by atoms with E-state index in [1.165, 1.54) is 5.56 Å². The average molecular weight is 311 g/mol. The fourth-order valence-corrected chi connectivity index (χ4v) is 5.26. The Morgan fingerprint density at radius 3 is 2.96 bits per heavy atom. The van der Waals surface area contributed by atoms with Gasteiger partial charge < -0.3 is 14.7 Å². The number of hydrogen-bond donors (Lipinski definition) is 1. The summed E-state index contributed by atoms with van der Waals surface area (Å²) in [4.78, 5) is 26.9.